The fourth-order valence-electron chi connectivity index (χ4n) is 2.05. The second kappa shape index (κ2) is 3.84. The molecule has 1 aromatic rings. The van der Waals surface area contributed by atoms with Gasteiger partial charge in [-0.05, 0) is 11.6 Å². The molecule has 1 aliphatic heterocycles. The first-order chi connectivity index (χ1) is 7.59. The first kappa shape index (κ1) is 10.5. The van der Waals surface area contributed by atoms with Crippen LogP contribution in [0, 0.1) is 0 Å². The van der Waals surface area contributed by atoms with Crippen LogP contribution >= 0.6 is 0 Å². The van der Waals surface area contributed by atoms with Gasteiger partial charge >= 0.3 is 11.9 Å². The minimum absolute atomic E-state index is 0.180. The summed E-state index contributed by atoms with van der Waals surface area (Å²) in [5.74, 6) is -2.52. The van der Waals surface area contributed by atoms with Crippen molar-refractivity contribution in [3.63, 3.8) is 0 Å². The van der Waals surface area contributed by atoms with Gasteiger partial charge in [0.15, 0.2) is 0 Å². The Morgan fingerprint density at radius 2 is 1.94 bits per heavy atom. The standard InChI is InChI=1S/C11H11NO4/c13-9(14)5-7-6-3-1-2-4-8(6)12-10(7)11(15)16/h1-4,7,10,12H,5H2,(H,13,14)(H,15,16)/t7-,10-/m1/s1. The van der Waals surface area contributed by atoms with Gasteiger partial charge in [0, 0.05) is 11.6 Å². The molecule has 0 saturated heterocycles. The predicted molar refractivity (Wildman–Crippen MR) is 56.5 cm³/mol. The van der Waals surface area contributed by atoms with Crippen LogP contribution in [0.15, 0.2) is 24.3 Å². The molecule has 0 spiro atoms. The lowest BCUT2D eigenvalue weighted by Crippen LogP contribution is -2.31. The monoisotopic (exact) mass is 221 g/mol. The number of hydrogen-bond acceptors (Lipinski definition) is 3. The number of nitrogens with one attached hydrogen (secondary N) is 1. The number of benzene rings is 1. The molecule has 0 fully saturated rings. The van der Waals surface area contributed by atoms with Gasteiger partial charge in [0.25, 0.3) is 0 Å². The van der Waals surface area contributed by atoms with Crippen molar-refractivity contribution in [3.8, 4) is 0 Å². The lowest BCUT2D eigenvalue weighted by molar-refractivity contribution is -0.139. The molecule has 1 aliphatic rings. The Labute approximate surface area is 91.7 Å². The Hall–Kier alpha value is -2.04. The van der Waals surface area contributed by atoms with Crippen LogP contribution in [0.25, 0.3) is 0 Å². The van der Waals surface area contributed by atoms with Gasteiger partial charge in [0.1, 0.15) is 6.04 Å². The van der Waals surface area contributed by atoms with Crippen LogP contribution in [0.5, 0.6) is 0 Å². The molecule has 0 unspecified atom stereocenters. The summed E-state index contributed by atoms with van der Waals surface area (Å²) in [6, 6.07) is 6.23. The van der Waals surface area contributed by atoms with Crippen LogP contribution < -0.4 is 5.32 Å². The highest BCUT2D eigenvalue weighted by atomic mass is 16.4. The third-order valence-corrected chi connectivity index (χ3v) is 2.73. The number of carboxylic acid groups (broad SMARTS) is 2. The zero-order valence-electron chi connectivity index (χ0n) is 8.38. The van der Waals surface area contributed by atoms with Gasteiger partial charge in [-0.2, -0.15) is 0 Å². The summed E-state index contributed by atoms with van der Waals surface area (Å²) in [6.45, 7) is 0. The van der Waals surface area contributed by atoms with Gasteiger partial charge in [-0.15, -0.1) is 0 Å². The summed E-state index contributed by atoms with van der Waals surface area (Å²) >= 11 is 0. The largest absolute Gasteiger partial charge is 0.481 e. The zero-order valence-corrected chi connectivity index (χ0v) is 8.38. The number of carboxylic acids is 2. The van der Waals surface area contributed by atoms with Crippen molar-refractivity contribution < 1.29 is 19.8 Å². The van der Waals surface area contributed by atoms with E-state index in [1.807, 2.05) is 0 Å². The van der Waals surface area contributed by atoms with E-state index in [0.29, 0.717) is 5.69 Å². The number of aliphatic carboxylic acids is 2. The predicted octanol–water partition coefficient (Wildman–Crippen LogP) is 1.12. The van der Waals surface area contributed by atoms with E-state index in [2.05, 4.69) is 5.32 Å². The van der Waals surface area contributed by atoms with Crippen molar-refractivity contribution in [1.82, 2.24) is 0 Å². The molecule has 5 heteroatoms. The van der Waals surface area contributed by atoms with Gasteiger partial charge in [-0.1, -0.05) is 18.2 Å². The van der Waals surface area contributed by atoms with Gasteiger partial charge in [-0.3, -0.25) is 4.79 Å². The summed E-state index contributed by atoms with van der Waals surface area (Å²) < 4.78 is 0. The lowest BCUT2D eigenvalue weighted by Gasteiger charge is -2.13. The number of fused-ring (bicyclic) bond motifs is 1. The lowest BCUT2D eigenvalue weighted by atomic mass is 9.92. The van der Waals surface area contributed by atoms with Crippen molar-refractivity contribution in [2.24, 2.45) is 0 Å². The molecule has 0 amide bonds. The Balaban J connectivity index is 2.35. The summed E-state index contributed by atoms with van der Waals surface area (Å²) in [7, 11) is 0. The van der Waals surface area contributed by atoms with Crippen molar-refractivity contribution in [1.29, 1.82) is 0 Å². The molecule has 0 bridgehead atoms. The Kier molecular flexibility index (Phi) is 2.52. The van der Waals surface area contributed by atoms with Crippen molar-refractivity contribution in [3.05, 3.63) is 29.8 Å². The van der Waals surface area contributed by atoms with E-state index in [4.69, 9.17) is 10.2 Å². The van der Waals surface area contributed by atoms with Crippen molar-refractivity contribution >= 4 is 17.6 Å². The highest BCUT2D eigenvalue weighted by molar-refractivity contribution is 5.84. The smallest absolute Gasteiger partial charge is 0.326 e. The Bertz CT molecular complexity index is 443. The fraction of sp³-hybridized carbons (Fsp3) is 0.273. The molecule has 84 valence electrons. The molecule has 0 aromatic heterocycles. The van der Waals surface area contributed by atoms with E-state index in [0.717, 1.165) is 5.56 Å². The summed E-state index contributed by atoms with van der Waals surface area (Å²) in [6.07, 6.45) is -0.180. The average Bonchev–Trinajstić information content (AvgIpc) is 2.57. The maximum atomic E-state index is 11.0. The molecular formula is C11H11NO4. The summed E-state index contributed by atoms with van der Waals surface area (Å²) in [5, 5.41) is 20.6. The minimum atomic E-state index is -1.03. The second-order valence-corrected chi connectivity index (χ2v) is 3.75. The molecule has 5 nitrogen and oxygen atoms in total. The van der Waals surface area contributed by atoms with Crippen LogP contribution in [0.2, 0.25) is 0 Å². The maximum Gasteiger partial charge on any atom is 0.326 e. The number of carbonyl (C=O) groups is 2. The van der Waals surface area contributed by atoms with Gasteiger partial charge in [0.05, 0.1) is 6.42 Å². The topological polar surface area (TPSA) is 86.6 Å². The molecule has 2 rings (SSSR count). The van der Waals surface area contributed by atoms with E-state index < -0.39 is 23.9 Å². The highest BCUT2D eigenvalue weighted by Crippen LogP contribution is 2.37. The Morgan fingerprint density at radius 3 is 2.56 bits per heavy atom. The first-order valence-corrected chi connectivity index (χ1v) is 4.89. The van der Waals surface area contributed by atoms with Crippen molar-refractivity contribution in [2.45, 2.75) is 18.4 Å². The van der Waals surface area contributed by atoms with Crippen molar-refractivity contribution in [2.75, 3.05) is 5.32 Å². The van der Waals surface area contributed by atoms with E-state index in [-0.39, 0.29) is 6.42 Å². The van der Waals surface area contributed by atoms with Gasteiger partial charge in [-0.25, -0.2) is 4.79 Å². The molecule has 16 heavy (non-hydrogen) atoms. The van der Waals surface area contributed by atoms with E-state index in [1.54, 1.807) is 24.3 Å². The SMILES string of the molecule is O=C(O)C[C@@H]1c2ccccc2N[C@H]1C(=O)O. The molecule has 0 saturated carbocycles. The van der Waals surface area contributed by atoms with Gasteiger partial charge < -0.3 is 15.5 Å². The summed E-state index contributed by atoms with van der Waals surface area (Å²) in [5.41, 5.74) is 1.47. The van der Waals surface area contributed by atoms with Crippen LogP contribution in [0.3, 0.4) is 0 Å². The van der Waals surface area contributed by atoms with E-state index >= 15 is 0 Å². The molecule has 2 atom stereocenters. The molecule has 0 aliphatic carbocycles. The average molecular weight is 221 g/mol. The molecule has 3 N–H and O–H groups in total. The molecule has 1 heterocycles. The van der Waals surface area contributed by atoms with Gasteiger partial charge in [0.2, 0.25) is 0 Å². The zero-order chi connectivity index (χ0) is 11.7. The van der Waals surface area contributed by atoms with Crippen LogP contribution in [0.1, 0.15) is 17.9 Å². The van der Waals surface area contributed by atoms with Crippen LogP contribution in [-0.4, -0.2) is 28.2 Å². The molecule has 0 radical (unpaired) electrons. The molecule has 1 aromatic carbocycles. The minimum Gasteiger partial charge on any atom is -0.481 e. The Morgan fingerprint density at radius 1 is 1.25 bits per heavy atom. The van der Waals surface area contributed by atoms with E-state index in [9.17, 15) is 9.59 Å². The maximum absolute atomic E-state index is 11.0. The molecular weight excluding hydrogens is 210 g/mol. The third-order valence-electron chi connectivity index (χ3n) is 2.73. The summed E-state index contributed by atoms with van der Waals surface area (Å²) in [4.78, 5) is 21.7. The number of hydrogen-bond donors (Lipinski definition) is 3. The number of anilines is 1. The quantitative estimate of drug-likeness (QED) is 0.712. The number of rotatable bonds is 3. The normalized spacial score (nSPS) is 22.2. The van der Waals surface area contributed by atoms with E-state index in [1.165, 1.54) is 0 Å². The highest BCUT2D eigenvalue weighted by Gasteiger charge is 2.37. The number of para-hydroxylation sites is 1. The fourth-order valence-corrected chi connectivity index (χ4v) is 2.05. The van der Waals surface area contributed by atoms with Crippen LogP contribution in [0.4, 0.5) is 5.69 Å². The second-order valence-electron chi connectivity index (χ2n) is 3.75. The third kappa shape index (κ3) is 1.71. The van der Waals surface area contributed by atoms with Crippen LogP contribution in [-0.2, 0) is 9.59 Å². The first-order valence-electron chi connectivity index (χ1n) is 4.89.